The molecule has 5 heteroatoms. The van der Waals surface area contributed by atoms with Crippen molar-refractivity contribution in [3.8, 4) is 0 Å². The van der Waals surface area contributed by atoms with E-state index in [1.807, 2.05) is 0 Å². The maximum absolute atomic E-state index is 5.16. The fraction of sp³-hybridized carbons (Fsp3) is 1.00. The molecule has 66 valence electrons. The molecule has 0 N–H and O–H groups in total. The van der Waals surface area contributed by atoms with E-state index < -0.39 is 6.37 Å². The van der Waals surface area contributed by atoms with Gasteiger partial charge >= 0.3 is 0 Å². The Morgan fingerprint density at radius 1 is 1.00 bits per heavy atom. The molecule has 0 unspecified atom stereocenters. The molecule has 0 aromatic carbocycles. The SMILES string of the molecule is COS[Si]1(SOC)CCCC1. The summed E-state index contributed by atoms with van der Waals surface area (Å²) in [4.78, 5) is 0. The molecule has 0 radical (unpaired) electrons. The number of rotatable bonds is 4. The van der Waals surface area contributed by atoms with Gasteiger partial charge in [-0.15, -0.1) is 0 Å². The molecule has 1 rings (SSSR count). The van der Waals surface area contributed by atoms with E-state index in [0.717, 1.165) is 0 Å². The van der Waals surface area contributed by atoms with Gasteiger partial charge in [0.2, 0.25) is 6.37 Å². The highest BCUT2D eigenvalue weighted by Gasteiger charge is 2.40. The van der Waals surface area contributed by atoms with Crippen molar-refractivity contribution in [2.75, 3.05) is 14.2 Å². The molecule has 11 heavy (non-hydrogen) atoms. The van der Waals surface area contributed by atoms with Gasteiger partial charge in [0.05, 0.1) is 0 Å². The lowest BCUT2D eigenvalue weighted by Gasteiger charge is -2.20. The maximum Gasteiger partial charge on any atom is 0.245 e. The summed E-state index contributed by atoms with van der Waals surface area (Å²) in [5.41, 5.74) is 0. The van der Waals surface area contributed by atoms with Crippen LogP contribution in [0.15, 0.2) is 0 Å². The largest absolute Gasteiger partial charge is 0.324 e. The quantitative estimate of drug-likeness (QED) is 0.524. The highest BCUT2D eigenvalue weighted by Crippen LogP contribution is 2.46. The Bertz CT molecular complexity index is 109. The Morgan fingerprint density at radius 2 is 1.45 bits per heavy atom. The molecule has 0 spiro atoms. The van der Waals surface area contributed by atoms with E-state index in [1.165, 1.54) is 24.9 Å². The van der Waals surface area contributed by atoms with Gasteiger partial charge in [-0.05, 0) is 35.1 Å². The molecule has 0 atom stereocenters. The van der Waals surface area contributed by atoms with Crippen molar-refractivity contribution in [2.45, 2.75) is 24.9 Å². The predicted molar refractivity (Wildman–Crippen MR) is 53.8 cm³/mol. The summed E-state index contributed by atoms with van der Waals surface area (Å²) < 4.78 is 10.3. The van der Waals surface area contributed by atoms with Gasteiger partial charge < -0.3 is 8.37 Å². The van der Waals surface area contributed by atoms with Crippen molar-refractivity contribution >= 4 is 29.4 Å². The van der Waals surface area contributed by atoms with E-state index in [0.29, 0.717) is 0 Å². The van der Waals surface area contributed by atoms with Gasteiger partial charge in [-0.25, -0.2) is 0 Å². The maximum atomic E-state index is 5.16. The van der Waals surface area contributed by atoms with Crippen LogP contribution in [0, 0.1) is 0 Å². The average molecular weight is 210 g/mol. The second-order valence-corrected chi connectivity index (χ2v) is 12.9. The Morgan fingerprint density at radius 3 is 1.82 bits per heavy atom. The summed E-state index contributed by atoms with van der Waals surface area (Å²) >= 11 is 3.38. The third kappa shape index (κ3) is 2.66. The summed E-state index contributed by atoms with van der Waals surface area (Å²) in [7, 11) is 3.52. The van der Waals surface area contributed by atoms with E-state index in [-0.39, 0.29) is 0 Å². The van der Waals surface area contributed by atoms with E-state index in [9.17, 15) is 0 Å². The van der Waals surface area contributed by atoms with Gasteiger partial charge in [-0.1, -0.05) is 12.8 Å². The zero-order valence-electron chi connectivity index (χ0n) is 6.96. The Labute approximate surface area is 77.1 Å². The van der Waals surface area contributed by atoms with Crippen LogP contribution in [0.5, 0.6) is 0 Å². The van der Waals surface area contributed by atoms with Crippen molar-refractivity contribution in [3.63, 3.8) is 0 Å². The lowest BCUT2D eigenvalue weighted by molar-refractivity contribution is 0.492. The molecule has 1 aliphatic heterocycles. The Balaban J connectivity index is 2.40. The van der Waals surface area contributed by atoms with Crippen LogP contribution in [0.2, 0.25) is 12.1 Å². The third-order valence-electron chi connectivity index (χ3n) is 1.84. The molecule has 0 amide bonds. The van der Waals surface area contributed by atoms with Crippen molar-refractivity contribution in [3.05, 3.63) is 0 Å². The minimum absolute atomic E-state index is 1.24. The van der Waals surface area contributed by atoms with Gasteiger partial charge in [-0.2, -0.15) is 0 Å². The first-order chi connectivity index (χ1) is 5.33. The molecular formula is C6H14O2S2Si. The predicted octanol–water partition coefficient (Wildman–Crippen LogP) is 2.81. The fourth-order valence-corrected chi connectivity index (χ4v) is 10.3. The van der Waals surface area contributed by atoms with E-state index in [2.05, 4.69) is 0 Å². The van der Waals surface area contributed by atoms with Gasteiger partial charge in [0.1, 0.15) is 0 Å². The van der Waals surface area contributed by atoms with Crippen LogP contribution in [0.4, 0.5) is 0 Å². The molecule has 1 heterocycles. The minimum atomic E-state index is -1.24. The molecule has 0 aliphatic carbocycles. The van der Waals surface area contributed by atoms with Crippen molar-refractivity contribution in [1.29, 1.82) is 0 Å². The smallest absolute Gasteiger partial charge is 0.245 e. The molecule has 1 fully saturated rings. The average Bonchev–Trinajstić information content (AvgIpc) is 2.39. The summed E-state index contributed by atoms with van der Waals surface area (Å²) in [5.74, 6) is 0. The molecule has 0 saturated carbocycles. The van der Waals surface area contributed by atoms with E-state index in [4.69, 9.17) is 8.37 Å². The van der Waals surface area contributed by atoms with Gasteiger partial charge in [0, 0.05) is 14.2 Å². The van der Waals surface area contributed by atoms with Crippen LogP contribution in [-0.4, -0.2) is 20.6 Å². The van der Waals surface area contributed by atoms with Crippen LogP contribution < -0.4 is 0 Å². The Kier molecular flexibility index (Phi) is 4.30. The molecule has 0 bridgehead atoms. The zero-order valence-corrected chi connectivity index (χ0v) is 9.59. The lowest BCUT2D eigenvalue weighted by atomic mass is 10.4. The summed E-state index contributed by atoms with van der Waals surface area (Å²) in [6.45, 7) is 0. The standard InChI is InChI=1S/C6H14O2S2Si/c1-7-9-11(10-8-2)5-3-4-6-11/h3-6H2,1-2H3. The highest BCUT2D eigenvalue weighted by atomic mass is 32.6. The van der Waals surface area contributed by atoms with E-state index >= 15 is 0 Å². The second-order valence-electron chi connectivity index (χ2n) is 2.62. The molecule has 1 aliphatic rings. The third-order valence-corrected chi connectivity index (χ3v) is 11.5. The van der Waals surface area contributed by atoms with E-state index in [1.54, 1.807) is 37.2 Å². The van der Waals surface area contributed by atoms with Crippen LogP contribution in [-0.2, 0) is 8.37 Å². The topological polar surface area (TPSA) is 18.5 Å². The summed E-state index contributed by atoms with van der Waals surface area (Å²) in [6, 6.07) is 2.67. The van der Waals surface area contributed by atoms with Crippen molar-refractivity contribution in [2.24, 2.45) is 0 Å². The lowest BCUT2D eigenvalue weighted by Crippen LogP contribution is -2.21. The molecule has 1 saturated heterocycles. The monoisotopic (exact) mass is 210 g/mol. The van der Waals surface area contributed by atoms with Crippen molar-refractivity contribution < 1.29 is 8.37 Å². The first kappa shape index (κ1) is 9.92. The normalized spacial score (nSPS) is 22.4. The highest BCUT2D eigenvalue weighted by molar-refractivity contribution is 8.55. The van der Waals surface area contributed by atoms with Crippen LogP contribution in [0.3, 0.4) is 0 Å². The molecule has 0 aromatic rings. The first-order valence-electron chi connectivity index (χ1n) is 3.77. The summed E-state index contributed by atoms with van der Waals surface area (Å²) in [6.07, 6.45) is 1.48. The van der Waals surface area contributed by atoms with Gasteiger partial charge in [-0.3, -0.25) is 0 Å². The van der Waals surface area contributed by atoms with Crippen LogP contribution in [0.1, 0.15) is 12.8 Å². The molecule has 2 nitrogen and oxygen atoms in total. The molecule has 0 aromatic heterocycles. The van der Waals surface area contributed by atoms with Crippen molar-refractivity contribution in [1.82, 2.24) is 0 Å². The number of hydrogen-bond acceptors (Lipinski definition) is 4. The number of hydrogen-bond donors (Lipinski definition) is 0. The van der Waals surface area contributed by atoms with Gasteiger partial charge in [0.25, 0.3) is 0 Å². The summed E-state index contributed by atoms with van der Waals surface area (Å²) in [5, 5.41) is 0. The molecular weight excluding hydrogens is 196 g/mol. The fourth-order valence-electron chi connectivity index (χ4n) is 1.40. The second kappa shape index (κ2) is 4.76. The zero-order chi connectivity index (χ0) is 8.16. The minimum Gasteiger partial charge on any atom is -0.324 e. The van der Waals surface area contributed by atoms with Crippen LogP contribution in [0.25, 0.3) is 0 Å². The van der Waals surface area contributed by atoms with Gasteiger partial charge in [0.15, 0.2) is 0 Å². The van der Waals surface area contributed by atoms with Crippen LogP contribution >= 0.6 is 23.0 Å². The Hall–Kier alpha value is 0.837. The first-order valence-corrected chi connectivity index (χ1v) is 9.11.